The largest absolute Gasteiger partial charge is 0.416 e. The summed E-state index contributed by atoms with van der Waals surface area (Å²) in [4.78, 5) is 2.13. The van der Waals surface area contributed by atoms with Crippen molar-refractivity contribution in [1.29, 1.82) is 0 Å². The normalized spacial score (nSPS) is 29.5. The van der Waals surface area contributed by atoms with Crippen molar-refractivity contribution in [3.05, 3.63) is 29.8 Å². The molecule has 2 saturated heterocycles. The van der Waals surface area contributed by atoms with E-state index in [1.807, 2.05) is 7.05 Å². The summed E-state index contributed by atoms with van der Waals surface area (Å²) in [6, 6.07) is 7.07. The van der Waals surface area contributed by atoms with E-state index in [4.69, 9.17) is 0 Å². The Morgan fingerprint density at radius 1 is 1.05 bits per heavy atom. The van der Waals surface area contributed by atoms with Gasteiger partial charge in [0, 0.05) is 30.9 Å². The summed E-state index contributed by atoms with van der Waals surface area (Å²) >= 11 is 0. The van der Waals surface area contributed by atoms with Crippen molar-refractivity contribution in [3.63, 3.8) is 0 Å². The molecule has 2 unspecified atom stereocenters. The third kappa shape index (κ3) is 2.64. The van der Waals surface area contributed by atoms with Gasteiger partial charge in [-0.05, 0) is 49.9 Å². The first-order valence-electron chi connectivity index (χ1n) is 7.09. The van der Waals surface area contributed by atoms with Crippen molar-refractivity contribution in [2.75, 3.05) is 11.9 Å². The zero-order chi connectivity index (χ0) is 14.3. The van der Waals surface area contributed by atoms with Crippen molar-refractivity contribution < 1.29 is 13.2 Å². The lowest BCUT2D eigenvalue weighted by Gasteiger charge is -2.37. The van der Waals surface area contributed by atoms with Crippen molar-refractivity contribution in [2.45, 2.75) is 50.0 Å². The average Bonchev–Trinajstić information content (AvgIpc) is 2.76. The maximum atomic E-state index is 12.6. The molecular formula is C15H19F3N2. The molecule has 0 saturated carbocycles. The fourth-order valence-corrected chi connectivity index (χ4v) is 3.44. The Labute approximate surface area is 117 Å². The van der Waals surface area contributed by atoms with Gasteiger partial charge in [0.05, 0.1) is 5.56 Å². The quantitative estimate of drug-likeness (QED) is 0.895. The predicted octanol–water partition coefficient (Wildman–Crippen LogP) is 3.42. The molecule has 2 fully saturated rings. The standard InChI is InChI=1S/C15H19F3N2/c1-20(14-8-11-4-5-12(9-14)19-11)13-6-2-10(3-7-13)15(16,17)18/h2-3,6-7,11-12,14,19H,4-5,8-9H2,1H3. The molecule has 110 valence electrons. The van der Waals surface area contributed by atoms with E-state index >= 15 is 0 Å². The molecule has 5 heteroatoms. The molecule has 20 heavy (non-hydrogen) atoms. The Morgan fingerprint density at radius 2 is 1.60 bits per heavy atom. The number of hydrogen-bond acceptors (Lipinski definition) is 2. The Morgan fingerprint density at radius 3 is 2.10 bits per heavy atom. The van der Waals surface area contributed by atoms with Gasteiger partial charge in [0.15, 0.2) is 0 Å². The van der Waals surface area contributed by atoms with Crippen LogP contribution in [0.5, 0.6) is 0 Å². The lowest BCUT2D eigenvalue weighted by Crippen LogP contribution is -2.47. The third-order valence-electron chi connectivity index (χ3n) is 4.60. The summed E-state index contributed by atoms with van der Waals surface area (Å²) in [6.45, 7) is 0. The van der Waals surface area contributed by atoms with E-state index in [0.717, 1.165) is 18.5 Å². The van der Waals surface area contributed by atoms with Crippen molar-refractivity contribution >= 4 is 5.69 Å². The number of rotatable bonds is 2. The van der Waals surface area contributed by atoms with E-state index in [1.165, 1.54) is 25.0 Å². The van der Waals surface area contributed by atoms with Crippen LogP contribution in [0.15, 0.2) is 24.3 Å². The lowest BCUT2D eigenvalue weighted by atomic mass is 9.98. The number of piperidine rings is 1. The summed E-state index contributed by atoms with van der Waals surface area (Å²) in [6.07, 6.45) is 0.344. The second-order valence-electron chi connectivity index (χ2n) is 5.92. The summed E-state index contributed by atoms with van der Waals surface area (Å²) in [5, 5.41) is 3.58. The van der Waals surface area contributed by atoms with E-state index in [1.54, 1.807) is 12.1 Å². The fourth-order valence-electron chi connectivity index (χ4n) is 3.44. The van der Waals surface area contributed by atoms with E-state index in [-0.39, 0.29) is 0 Å². The van der Waals surface area contributed by atoms with Gasteiger partial charge in [0.1, 0.15) is 0 Å². The van der Waals surface area contributed by atoms with Crippen LogP contribution in [0.4, 0.5) is 18.9 Å². The van der Waals surface area contributed by atoms with Gasteiger partial charge in [0.25, 0.3) is 0 Å². The van der Waals surface area contributed by atoms with Crippen LogP contribution in [0, 0.1) is 0 Å². The highest BCUT2D eigenvalue weighted by atomic mass is 19.4. The second kappa shape index (κ2) is 4.95. The minimum absolute atomic E-state index is 0.422. The number of fused-ring (bicyclic) bond motifs is 2. The summed E-state index contributed by atoms with van der Waals surface area (Å²) in [5.74, 6) is 0. The van der Waals surface area contributed by atoms with E-state index in [0.29, 0.717) is 18.1 Å². The van der Waals surface area contributed by atoms with Gasteiger partial charge in [-0.3, -0.25) is 0 Å². The van der Waals surface area contributed by atoms with Gasteiger partial charge in [-0.2, -0.15) is 13.2 Å². The van der Waals surface area contributed by atoms with Crippen LogP contribution < -0.4 is 10.2 Å². The minimum Gasteiger partial charge on any atom is -0.371 e. The maximum Gasteiger partial charge on any atom is 0.416 e. The zero-order valence-electron chi connectivity index (χ0n) is 11.5. The van der Waals surface area contributed by atoms with Crippen LogP contribution in [0.3, 0.4) is 0 Å². The number of anilines is 1. The molecule has 3 rings (SSSR count). The molecule has 0 aliphatic carbocycles. The molecule has 1 N–H and O–H groups in total. The second-order valence-corrected chi connectivity index (χ2v) is 5.92. The van der Waals surface area contributed by atoms with Crippen LogP contribution in [-0.4, -0.2) is 25.2 Å². The van der Waals surface area contributed by atoms with Gasteiger partial charge in [-0.15, -0.1) is 0 Å². The van der Waals surface area contributed by atoms with Gasteiger partial charge in [0.2, 0.25) is 0 Å². The third-order valence-corrected chi connectivity index (χ3v) is 4.60. The highest BCUT2D eigenvalue weighted by Crippen LogP contribution is 2.33. The molecular weight excluding hydrogens is 265 g/mol. The first-order chi connectivity index (χ1) is 9.43. The Kier molecular flexibility index (Phi) is 3.40. The molecule has 2 bridgehead atoms. The van der Waals surface area contributed by atoms with Gasteiger partial charge < -0.3 is 10.2 Å². The van der Waals surface area contributed by atoms with Crippen molar-refractivity contribution in [2.24, 2.45) is 0 Å². The number of nitrogens with zero attached hydrogens (tertiary/aromatic N) is 1. The number of halogens is 3. The lowest BCUT2D eigenvalue weighted by molar-refractivity contribution is -0.137. The van der Waals surface area contributed by atoms with Crippen molar-refractivity contribution in [3.8, 4) is 0 Å². The van der Waals surface area contributed by atoms with E-state index < -0.39 is 11.7 Å². The van der Waals surface area contributed by atoms with Crippen LogP contribution in [0.1, 0.15) is 31.2 Å². The Hall–Kier alpha value is -1.23. The van der Waals surface area contributed by atoms with Crippen LogP contribution in [-0.2, 0) is 6.18 Å². The molecule has 2 aliphatic rings. The Bertz CT molecular complexity index is 457. The van der Waals surface area contributed by atoms with E-state index in [9.17, 15) is 13.2 Å². The molecule has 2 nitrogen and oxygen atoms in total. The average molecular weight is 284 g/mol. The highest BCUT2D eigenvalue weighted by molar-refractivity contribution is 5.48. The molecule has 2 atom stereocenters. The fraction of sp³-hybridized carbons (Fsp3) is 0.600. The number of hydrogen-bond donors (Lipinski definition) is 1. The predicted molar refractivity (Wildman–Crippen MR) is 72.8 cm³/mol. The topological polar surface area (TPSA) is 15.3 Å². The molecule has 1 aromatic rings. The van der Waals surface area contributed by atoms with E-state index in [2.05, 4.69) is 10.2 Å². The smallest absolute Gasteiger partial charge is 0.371 e. The summed E-state index contributed by atoms with van der Waals surface area (Å²) in [5.41, 5.74) is 0.282. The Balaban J connectivity index is 1.72. The first kappa shape index (κ1) is 13.7. The zero-order valence-corrected chi connectivity index (χ0v) is 11.5. The minimum atomic E-state index is -4.26. The van der Waals surface area contributed by atoms with Gasteiger partial charge in [-0.25, -0.2) is 0 Å². The summed E-state index contributed by atoms with van der Waals surface area (Å²) in [7, 11) is 1.98. The number of alkyl halides is 3. The molecule has 0 aromatic heterocycles. The summed E-state index contributed by atoms with van der Waals surface area (Å²) < 4.78 is 37.7. The maximum absolute atomic E-state index is 12.6. The monoisotopic (exact) mass is 284 g/mol. The first-order valence-corrected chi connectivity index (χ1v) is 7.09. The number of benzene rings is 1. The number of nitrogens with one attached hydrogen (secondary N) is 1. The highest BCUT2D eigenvalue weighted by Gasteiger charge is 2.35. The molecule has 0 radical (unpaired) electrons. The van der Waals surface area contributed by atoms with Crippen LogP contribution >= 0.6 is 0 Å². The van der Waals surface area contributed by atoms with Gasteiger partial charge in [-0.1, -0.05) is 0 Å². The molecule has 2 heterocycles. The van der Waals surface area contributed by atoms with Crippen LogP contribution in [0.25, 0.3) is 0 Å². The van der Waals surface area contributed by atoms with Crippen LogP contribution in [0.2, 0.25) is 0 Å². The molecule has 2 aliphatic heterocycles. The van der Waals surface area contributed by atoms with Crippen molar-refractivity contribution in [1.82, 2.24) is 5.32 Å². The van der Waals surface area contributed by atoms with Gasteiger partial charge >= 0.3 is 6.18 Å². The molecule has 0 amide bonds. The molecule has 1 aromatic carbocycles. The SMILES string of the molecule is CN(c1ccc(C(F)(F)F)cc1)C1CC2CCC(C1)N2. The molecule has 0 spiro atoms.